The number of carbonyl (C=O) groups is 2. The van der Waals surface area contributed by atoms with E-state index in [-0.39, 0.29) is 24.5 Å². The number of benzene rings is 3. The molecule has 4 heterocycles. The molecule has 0 radical (unpaired) electrons. The molecule has 10 nitrogen and oxygen atoms in total. The Bertz CT molecular complexity index is 1940. The summed E-state index contributed by atoms with van der Waals surface area (Å²) in [4.78, 5) is 38.9. The quantitative estimate of drug-likeness (QED) is 0.199. The van der Waals surface area contributed by atoms with Gasteiger partial charge in [0.1, 0.15) is 24.1 Å². The zero-order valence-electron chi connectivity index (χ0n) is 23.8. The molecular formula is C32H28N6O4S2. The highest BCUT2D eigenvalue weighted by Gasteiger charge is 2.35. The van der Waals surface area contributed by atoms with Crippen molar-refractivity contribution in [3.05, 3.63) is 96.2 Å². The topological polar surface area (TPSA) is 115 Å². The smallest absolute Gasteiger partial charge is 0.252 e. The van der Waals surface area contributed by atoms with Gasteiger partial charge < -0.3 is 19.4 Å². The number of para-hydroxylation sites is 1. The summed E-state index contributed by atoms with van der Waals surface area (Å²) in [6.45, 7) is 0.861. The van der Waals surface area contributed by atoms with Crippen LogP contribution in [0.25, 0.3) is 27.6 Å². The van der Waals surface area contributed by atoms with E-state index in [4.69, 9.17) is 14.1 Å². The van der Waals surface area contributed by atoms with Crippen LogP contribution in [0.2, 0.25) is 0 Å². The summed E-state index contributed by atoms with van der Waals surface area (Å²) in [5, 5.41) is 7.56. The summed E-state index contributed by atoms with van der Waals surface area (Å²) in [6, 6.07) is 22.8. The minimum atomic E-state index is -0.823. The van der Waals surface area contributed by atoms with Gasteiger partial charge in [0.2, 0.25) is 16.8 Å². The van der Waals surface area contributed by atoms with E-state index in [1.807, 2.05) is 65.8 Å². The summed E-state index contributed by atoms with van der Waals surface area (Å²) in [6.07, 6.45) is 5.31. The number of amides is 2. The van der Waals surface area contributed by atoms with Crippen LogP contribution in [-0.4, -0.2) is 61.7 Å². The number of oxazole rings is 1. The molecular weight excluding hydrogens is 597 g/mol. The zero-order chi connectivity index (χ0) is 30.0. The number of rotatable bonds is 9. The molecule has 3 aromatic carbocycles. The Hall–Kier alpha value is -4.68. The molecule has 3 aromatic heterocycles. The van der Waals surface area contributed by atoms with Gasteiger partial charge >= 0.3 is 0 Å². The normalized spacial score (nSPS) is 15.6. The van der Waals surface area contributed by atoms with Gasteiger partial charge in [0.05, 0.1) is 12.2 Å². The van der Waals surface area contributed by atoms with E-state index in [1.54, 1.807) is 46.7 Å². The first-order valence-electron chi connectivity index (χ1n) is 14.2. The van der Waals surface area contributed by atoms with Gasteiger partial charge in [0, 0.05) is 12.1 Å². The first-order valence-corrected chi connectivity index (χ1v) is 16.3. The molecule has 0 bridgehead atoms. The summed E-state index contributed by atoms with van der Waals surface area (Å²) < 4.78 is 15.0. The van der Waals surface area contributed by atoms with Gasteiger partial charge in [-0.3, -0.25) is 9.59 Å². The number of nitrogens with zero attached hydrogens (tertiary/aromatic N) is 5. The van der Waals surface area contributed by atoms with Crippen molar-refractivity contribution in [2.45, 2.75) is 29.3 Å². The SMILES string of the molecule is CSc1nn2c(-c3nc4c(OC[C@H]5CCCN5C(=O)[C@H](NC(=O)c5ccccc5)c5ccccc5)cccc4o3)cnc2s1. The second-order valence-corrected chi connectivity index (χ2v) is 12.4. The number of imidazole rings is 1. The number of nitrogens with one attached hydrogen (secondary N) is 1. The number of hydrogen-bond donors (Lipinski definition) is 1. The van der Waals surface area contributed by atoms with Crippen LogP contribution in [-0.2, 0) is 4.79 Å². The van der Waals surface area contributed by atoms with E-state index in [2.05, 4.69) is 15.4 Å². The summed E-state index contributed by atoms with van der Waals surface area (Å²) in [5.74, 6) is 0.508. The molecule has 1 aliphatic heterocycles. The first kappa shape index (κ1) is 28.1. The molecule has 0 saturated carbocycles. The van der Waals surface area contributed by atoms with Gasteiger partial charge in [-0.15, -0.1) is 5.10 Å². The van der Waals surface area contributed by atoms with Crippen molar-refractivity contribution in [3.8, 4) is 17.3 Å². The van der Waals surface area contributed by atoms with E-state index >= 15 is 0 Å². The maximum absolute atomic E-state index is 14.0. The van der Waals surface area contributed by atoms with Crippen LogP contribution in [0, 0.1) is 0 Å². The van der Waals surface area contributed by atoms with Crippen molar-refractivity contribution in [1.29, 1.82) is 0 Å². The van der Waals surface area contributed by atoms with Gasteiger partial charge in [-0.05, 0) is 48.9 Å². The lowest BCUT2D eigenvalue weighted by Gasteiger charge is -2.29. The maximum Gasteiger partial charge on any atom is 0.252 e. The van der Waals surface area contributed by atoms with Crippen LogP contribution >= 0.6 is 23.1 Å². The molecule has 1 saturated heterocycles. The Kier molecular flexibility index (Phi) is 7.75. The number of thioether (sulfide) groups is 1. The Labute approximate surface area is 261 Å². The van der Waals surface area contributed by atoms with Crippen molar-refractivity contribution >= 4 is 51.0 Å². The predicted molar refractivity (Wildman–Crippen MR) is 169 cm³/mol. The fourth-order valence-electron chi connectivity index (χ4n) is 5.44. The number of hydrogen-bond acceptors (Lipinski definition) is 9. The average molecular weight is 625 g/mol. The number of fused-ring (bicyclic) bond motifs is 2. The Morgan fingerprint density at radius 1 is 1.09 bits per heavy atom. The summed E-state index contributed by atoms with van der Waals surface area (Å²) in [7, 11) is 0. The third kappa shape index (κ3) is 5.42. The lowest BCUT2D eigenvalue weighted by molar-refractivity contribution is -0.134. The highest BCUT2D eigenvalue weighted by Crippen LogP contribution is 2.33. The van der Waals surface area contributed by atoms with Crippen LogP contribution in [0.1, 0.15) is 34.8 Å². The molecule has 44 heavy (non-hydrogen) atoms. The van der Waals surface area contributed by atoms with Crippen molar-refractivity contribution in [1.82, 2.24) is 29.8 Å². The second kappa shape index (κ2) is 12.1. The lowest BCUT2D eigenvalue weighted by atomic mass is 10.0. The molecule has 2 atom stereocenters. The van der Waals surface area contributed by atoms with E-state index in [0.717, 1.165) is 27.7 Å². The van der Waals surface area contributed by atoms with Crippen LogP contribution in [0.15, 0.2) is 93.8 Å². The molecule has 1 fully saturated rings. The monoisotopic (exact) mass is 624 g/mol. The minimum Gasteiger partial charge on any atom is -0.489 e. The molecule has 12 heteroatoms. The summed E-state index contributed by atoms with van der Waals surface area (Å²) >= 11 is 3.06. The molecule has 1 aliphatic rings. The van der Waals surface area contributed by atoms with Crippen LogP contribution in [0.5, 0.6) is 5.75 Å². The fourth-order valence-corrected chi connectivity index (χ4v) is 6.77. The highest BCUT2D eigenvalue weighted by atomic mass is 32.2. The molecule has 0 spiro atoms. The van der Waals surface area contributed by atoms with Gasteiger partial charge in [0.25, 0.3) is 5.91 Å². The first-order chi connectivity index (χ1) is 21.6. The standard InChI is InChI=1S/C32H28N6O4S2/c1-43-32-36-38-23(18-33-31(38)44-32)29-35-27-24(15-8-16-25(27)42-29)41-19-22-14-9-17-37(22)30(40)26(20-10-4-2-5-11-20)34-28(39)21-12-6-3-7-13-21/h2-8,10-13,15-16,18,22,26H,9,14,17,19H2,1H3,(H,34,39)/t22-,26-/m1/s1. The molecule has 2 amide bonds. The number of ether oxygens (including phenoxy) is 1. The maximum atomic E-state index is 14.0. The van der Waals surface area contributed by atoms with E-state index in [1.165, 1.54) is 11.3 Å². The number of aromatic nitrogens is 4. The van der Waals surface area contributed by atoms with Crippen molar-refractivity contribution in [3.63, 3.8) is 0 Å². The predicted octanol–water partition coefficient (Wildman–Crippen LogP) is 5.86. The van der Waals surface area contributed by atoms with E-state index in [9.17, 15) is 9.59 Å². The molecule has 6 aromatic rings. The third-order valence-electron chi connectivity index (χ3n) is 7.63. The second-order valence-electron chi connectivity index (χ2n) is 10.4. The number of carbonyl (C=O) groups excluding carboxylic acids is 2. The van der Waals surface area contributed by atoms with E-state index in [0.29, 0.717) is 40.5 Å². The van der Waals surface area contributed by atoms with Crippen molar-refractivity contribution < 1.29 is 18.7 Å². The van der Waals surface area contributed by atoms with Crippen molar-refractivity contribution in [2.24, 2.45) is 0 Å². The Morgan fingerprint density at radius 2 is 1.89 bits per heavy atom. The van der Waals surface area contributed by atoms with Gasteiger partial charge in [-0.25, -0.2) is 9.97 Å². The van der Waals surface area contributed by atoms with Crippen LogP contribution in [0.3, 0.4) is 0 Å². The lowest BCUT2D eigenvalue weighted by Crippen LogP contribution is -2.46. The Morgan fingerprint density at radius 3 is 2.68 bits per heavy atom. The Balaban J connectivity index is 1.10. The van der Waals surface area contributed by atoms with Crippen LogP contribution in [0.4, 0.5) is 0 Å². The van der Waals surface area contributed by atoms with E-state index < -0.39 is 6.04 Å². The molecule has 1 N–H and O–H groups in total. The van der Waals surface area contributed by atoms with Crippen molar-refractivity contribution in [2.75, 3.05) is 19.4 Å². The highest BCUT2D eigenvalue weighted by molar-refractivity contribution is 8.00. The molecule has 0 unspecified atom stereocenters. The summed E-state index contributed by atoms with van der Waals surface area (Å²) in [5.41, 5.74) is 3.06. The molecule has 7 rings (SSSR count). The van der Waals surface area contributed by atoms with Gasteiger partial charge in [-0.1, -0.05) is 77.7 Å². The van der Waals surface area contributed by atoms with Crippen LogP contribution < -0.4 is 10.1 Å². The minimum absolute atomic E-state index is 0.161. The zero-order valence-corrected chi connectivity index (χ0v) is 25.4. The third-order valence-corrected chi connectivity index (χ3v) is 9.52. The van der Waals surface area contributed by atoms with Gasteiger partial charge in [-0.2, -0.15) is 4.52 Å². The average Bonchev–Trinajstić information content (AvgIpc) is 3.86. The largest absolute Gasteiger partial charge is 0.489 e. The molecule has 222 valence electrons. The molecule has 0 aliphatic carbocycles. The van der Waals surface area contributed by atoms with Gasteiger partial charge in [0.15, 0.2) is 15.4 Å². The fraction of sp³-hybridized carbons (Fsp3) is 0.219. The number of likely N-dealkylation sites (tertiary alicyclic amines) is 1.